The van der Waals surface area contributed by atoms with E-state index in [2.05, 4.69) is 13.2 Å². The van der Waals surface area contributed by atoms with Crippen LogP contribution in [0, 0.1) is 0 Å². The van der Waals surface area contributed by atoms with Gasteiger partial charge in [0.1, 0.15) is 23.7 Å². The van der Waals surface area contributed by atoms with Crippen molar-refractivity contribution in [2.75, 3.05) is 13.6 Å². The van der Waals surface area contributed by atoms with Crippen molar-refractivity contribution in [1.29, 1.82) is 0 Å². The molecule has 0 aliphatic heterocycles. The number of hydrogen-bond acceptors (Lipinski definition) is 10. The lowest BCUT2D eigenvalue weighted by Crippen LogP contribution is -2.29. The lowest BCUT2D eigenvalue weighted by molar-refractivity contribution is -0.151. The second-order valence-electron chi connectivity index (χ2n) is 8.94. The Morgan fingerprint density at radius 3 is 1.29 bits per heavy atom. The largest absolute Gasteiger partial charge is 0.459 e. The van der Waals surface area contributed by atoms with Crippen LogP contribution in [0.5, 0.6) is 11.5 Å². The van der Waals surface area contributed by atoms with Crippen molar-refractivity contribution in [3.8, 4) is 11.5 Å². The van der Waals surface area contributed by atoms with Crippen LogP contribution in [0.25, 0.3) is 12.2 Å². The van der Waals surface area contributed by atoms with Crippen LogP contribution in [0.15, 0.2) is 86.0 Å². The van der Waals surface area contributed by atoms with Gasteiger partial charge in [-0.25, -0.2) is 19.2 Å². The van der Waals surface area contributed by atoms with Gasteiger partial charge in [-0.15, -0.1) is 0 Å². The lowest BCUT2D eigenvalue weighted by atomic mass is 9.95. The Labute approximate surface area is 243 Å². The van der Waals surface area contributed by atoms with Crippen molar-refractivity contribution in [2.45, 2.75) is 37.9 Å². The first-order valence-corrected chi connectivity index (χ1v) is 13.2. The highest BCUT2D eigenvalue weighted by Crippen LogP contribution is 2.24. The fourth-order valence-corrected chi connectivity index (χ4v) is 3.78. The molecule has 0 unspecified atom stereocenters. The Morgan fingerprint density at radius 1 is 0.595 bits per heavy atom. The summed E-state index contributed by atoms with van der Waals surface area (Å²) >= 11 is 0. The first kappa shape index (κ1) is 31.4. The van der Waals surface area contributed by atoms with Crippen LogP contribution in [-0.4, -0.2) is 49.7 Å². The molecule has 2 aromatic rings. The van der Waals surface area contributed by atoms with Gasteiger partial charge in [0.05, 0.1) is 0 Å². The fourth-order valence-electron chi connectivity index (χ4n) is 3.78. The van der Waals surface area contributed by atoms with Gasteiger partial charge in [0.2, 0.25) is 13.6 Å². The van der Waals surface area contributed by atoms with Gasteiger partial charge in [-0.3, -0.25) is 0 Å². The highest BCUT2D eigenvalue weighted by atomic mass is 16.7. The van der Waals surface area contributed by atoms with Gasteiger partial charge in [0, 0.05) is 24.3 Å². The SMILES string of the molecule is C=CC(=O)OCOc1ccc(C=CC(=O)OC2CCC(OC(=O)C=Cc3ccc(OCOC(=O)C=C)cc3)CC2)cc1. The molecule has 10 heteroatoms. The van der Waals surface area contributed by atoms with E-state index >= 15 is 0 Å². The predicted molar refractivity (Wildman–Crippen MR) is 153 cm³/mol. The molecule has 0 amide bonds. The van der Waals surface area contributed by atoms with E-state index in [9.17, 15) is 19.2 Å². The van der Waals surface area contributed by atoms with E-state index in [0.29, 0.717) is 37.2 Å². The zero-order chi connectivity index (χ0) is 30.2. The summed E-state index contributed by atoms with van der Waals surface area (Å²) in [5.41, 5.74) is 1.53. The summed E-state index contributed by atoms with van der Waals surface area (Å²) in [6.45, 7) is 6.15. The van der Waals surface area contributed by atoms with Gasteiger partial charge in [-0.2, -0.15) is 0 Å². The Balaban J connectivity index is 1.33. The first-order valence-electron chi connectivity index (χ1n) is 13.2. The quantitative estimate of drug-likeness (QED) is 0.132. The fraction of sp³-hybridized carbons (Fsp3) is 0.250. The molecule has 1 aliphatic carbocycles. The van der Waals surface area contributed by atoms with Crippen molar-refractivity contribution in [3.05, 3.63) is 97.1 Å². The summed E-state index contributed by atoms with van der Waals surface area (Å²) in [5, 5.41) is 0. The smallest absolute Gasteiger partial charge is 0.333 e. The summed E-state index contributed by atoms with van der Waals surface area (Å²) in [4.78, 5) is 46.5. The molecule has 0 N–H and O–H groups in total. The molecule has 0 radical (unpaired) electrons. The number of carbonyl (C=O) groups is 4. The van der Waals surface area contributed by atoms with E-state index in [1.165, 1.54) is 12.2 Å². The van der Waals surface area contributed by atoms with Crippen LogP contribution in [0.4, 0.5) is 0 Å². The molecule has 1 fully saturated rings. The molecule has 42 heavy (non-hydrogen) atoms. The van der Waals surface area contributed by atoms with E-state index < -0.39 is 23.9 Å². The van der Waals surface area contributed by atoms with Gasteiger partial charge in [0.25, 0.3) is 0 Å². The number of rotatable bonds is 14. The molecule has 0 bridgehead atoms. The normalized spacial score (nSPS) is 16.3. The number of hydrogen-bond donors (Lipinski definition) is 0. The summed E-state index contributed by atoms with van der Waals surface area (Å²) < 4.78 is 31.1. The van der Waals surface area contributed by atoms with Gasteiger partial charge in [-0.1, -0.05) is 37.4 Å². The Hall–Kier alpha value is -5.12. The van der Waals surface area contributed by atoms with Crippen LogP contribution in [-0.2, 0) is 38.1 Å². The highest BCUT2D eigenvalue weighted by Gasteiger charge is 2.25. The molecule has 3 rings (SSSR count). The van der Waals surface area contributed by atoms with Gasteiger partial charge < -0.3 is 28.4 Å². The minimum absolute atomic E-state index is 0.227. The zero-order valence-corrected chi connectivity index (χ0v) is 23.0. The lowest BCUT2D eigenvalue weighted by Gasteiger charge is -2.27. The maximum absolute atomic E-state index is 12.3. The molecule has 0 spiro atoms. The van der Waals surface area contributed by atoms with Crippen LogP contribution in [0.2, 0.25) is 0 Å². The third-order valence-electron chi connectivity index (χ3n) is 5.96. The van der Waals surface area contributed by atoms with Crippen LogP contribution in [0.1, 0.15) is 36.8 Å². The highest BCUT2D eigenvalue weighted by molar-refractivity contribution is 5.88. The number of carbonyl (C=O) groups excluding carboxylic acids is 4. The third-order valence-corrected chi connectivity index (χ3v) is 5.96. The van der Waals surface area contributed by atoms with Crippen molar-refractivity contribution >= 4 is 36.0 Å². The maximum atomic E-state index is 12.3. The van der Waals surface area contributed by atoms with Crippen molar-refractivity contribution in [1.82, 2.24) is 0 Å². The maximum Gasteiger partial charge on any atom is 0.333 e. The number of esters is 4. The van der Waals surface area contributed by atoms with E-state index in [-0.39, 0.29) is 25.8 Å². The molecule has 0 aromatic heterocycles. The molecule has 10 nitrogen and oxygen atoms in total. The second kappa shape index (κ2) is 16.9. The van der Waals surface area contributed by atoms with Gasteiger partial charge >= 0.3 is 23.9 Å². The molecule has 0 heterocycles. The molecular weight excluding hydrogens is 544 g/mol. The molecule has 0 saturated heterocycles. The summed E-state index contributed by atoms with van der Waals surface area (Å²) in [5.74, 6) is -1.05. The zero-order valence-electron chi connectivity index (χ0n) is 23.0. The van der Waals surface area contributed by atoms with Crippen molar-refractivity contribution < 1.29 is 47.6 Å². The molecule has 220 valence electrons. The second-order valence-corrected chi connectivity index (χ2v) is 8.94. The van der Waals surface area contributed by atoms with E-state index in [1.807, 2.05) is 0 Å². The molecule has 1 saturated carbocycles. The van der Waals surface area contributed by atoms with Gasteiger partial charge in [0.15, 0.2) is 0 Å². The molecule has 1 aliphatic rings. The minimum Gasteiger partial charge on any atom is -0.459 e. The average molecular weight is 577 g/mol. The number of benzene rings is 2. The Morgan fingerprint density at radius 2 is 0.952 bits per heavy atom. The topological polar surface area (TPSA) is 124 Å². The van der Waals surface area contributed by atoms with Gasteiger partial charge in [-0.05, 0) is 73.2 Å². The first-order chi connectivity index (χ1) is 20.3. The minimum atomic E-state index is -0.574. The number of ether oxygens (including phenoxy) is 6. The third kappa shape index (κ3) is 11.5. The van der Waals surface area contributed by atoms with E-state index in [0.717, 1.165) is 23.3 Å². The monoisotopic (exact) mass is 576 g/mol. The molecule has 0 atom stereocenters. The molecule has 2 aromatic carbocycles. The standard InChI is InChI=1S/C32H32O10/c1-3-29(33)39-21-37-25-11-5-23(6-12-25)9-19-31(35)41-27-15-17-28(18-16-27)42-32(36)20-10-24-7-13-26(14-8-24)38-22-40-30(34)4-2/h3-14,19-20,27-28H,1-2,15-18,21-22H2. The summed E-state index contributed by atoms with van der Waals surface area (Å²) in [7, 11) is 0. The van der Waals surface area contributed by atoms with E-state index in [4.69, 9.17) is 28.4 Å². The van der Waals surface area contributed by atoms with E-state index in [1.54, 1.807) is 60.7 Å². The van der Waals surface area contributed by atoms with Crippen LogP contribution in [0.3, 0.4) is 0 Å². The Bertz CT molecular complexity index is 1180. The average Bonchev–Trinajstić information content (AvgIpc) is 3.01. The molecular formula is C32H32O10. The van der Waals surface area contributed by atoms with Crippen LogP contribution >= 0.6 is 0 Å². The van der Waals surface area contributed by atoms with Crippen molar-refractivity contribution in [2.24, 2.45) is 0 Å². The Kier molecular flexibility index (Phi) is 12.6. The van der Waals surface area contributed by atoms with Crippen molar-refractivity contribution in [3.63, 3.8) is 0 Å². The summed E-state index contributed by atoms with van der Waals surface area (Å²) in [6, 6.07) is 13.7. The van der Waals surface area contributed by atoms with Crippen LogP contribution < -0.4 is 9.47 Å². The summed E-state index contributed by atoms with van der Waals surface area (Å²) in [6.07, 6.45) is 9.94. The predicted octanol–water partition coefficient (Wildman–Crippen LogP) is 4.94.